The number of rotatable bonds is 5. The second-order valence-electron chi connectivity index (χ2n) is 4.22. The molecule has 1 rings (SSSR count). The molecular formula is C11H17BrN2O3S2. The lowest BCUT2D eigenvalue weighted by atomic mass is 10.3. The molecule has 0 aliphatic heterocycles. The predicted molar refractivity (Wildman–Crippen MR) is 79.9 cm³/mol. The van der Waals surface area contributed by atoms with Crippen molar-refractivity contribution >= 4 is 43.2 Å². The van der Waals surface area contributed by atoms with Gasteiger partial charge >= 0.3 is 0 Å². The van der Waals surface area contributed by atoms with Gasteiger partial charge < -0.3 is 4.90 Å². The van der Waals surface area contributed by atoms with Crippen LogP contribution in [0.1, 0.15) is 19.4 Å². The third-order valence-corrected chi connectivity index (χ3v) is 6.80. The number of thiophene rings is 1. The van der Waals surface area contributed by atoms with Crippen molar-refractivity contribution < 1.29 is 13.2 Å². The molecule has 1 aromatic rings. The summed E-state index contributed by atoms with van der Waals surface area (Å²) < 4.78 is 27.6. The summed E-state index contributed by atoms with van der Waals surface area (Å²) >= 11 is 4.42. The summed E-state index contributed by atoms with van der Waals surface area (Å²) in [5.41, 5.74) is 0.857. The number of aryl methyl sites for hydroxylation is 1. The van der Waals surface area contributed by atoms with Crippen LogP contribution in [0.2, 0.25) is 0 Å². The van der Waals surface area contributed by atoms with Crippen LogP contribution < -0.4 is 4.72 Å². The average molecular weight is 369 g/mol. The second-order valence-corrected chi connectivity index (χ2v) is 8.53. The lowest BCUT2D eigenvalue weighted by Gasteiger charge is -2.20. The Morgan fingerprint density at radius 1 is 1.58 bits per heavy atom. The van der Waals surface area contributed by atoms with E-state index in [0.29, 0.717) is 6.54 Å². The molecule has 0 saturated carbocycles. The molecule has 1 atom stereocenters. The molecule has 8 heteroatoms. The van der Waals surface area contributed by atoms with Crippen molar-refractivity contribution in [1.29, 1.82) is 0 Å². The second kappa shape index (κ2) is 6.34. The van der Waals surface area contributed by atoms with E-state index in [0.717, 1.165) is 20.7 Å². The van der Waals surface area contributed by atoms with Gasteiger partial charge in [0.1, 0.15) is 4.21 Å². The van der Waals surface area contributed by atoms with Crippen LogP contribution in [0.3, 0.4) is 0 Å². The van der Waals surface area contributed by atoms with Gasteiger partial charge in [-0.05, 0) is 48.3 Å². The summed E-state index contributed by atoms with van der Waals surface area (Å²) in [4.78, 5) is 13.3. The number of hydrogen-bond acceptors (Lipinski definition) is 4. The van der Waals surface area contributed by atoms with Crippen molar-refractivity contribution in [1.82, 2.24) is 9.62 Å². The fourth-order valence-corrected chi connectivity index (χ4v) is 4.83. The van der Waals surface area contributed by atoms with E-state index < -0.39 is 16.1 Å². The minimum atomic E-state index is -3.66. The summed E-state index contributed by atoms with van der Waals surface area (Å²) in [5, 5.41) is 0. The molecule has 0 aliphatic rings. The lowest BCUT2D eigenvalue weighted by molar-refractivity contribution is -0.131. The van der Waals surface area contributed by atoms with E-state index in [1.54, 1.807) is 20.0 Å². The molecule has 0 saturated heterocycles. The first-order chi connectivity index (χ1) is 8.69. The van der Waals surface area contributed by atoms with Crippen LogP contribution in [-0.4, -0.2) is 38.9 Å². The summed E-state index contributed by atoms with van der Waals surface area (Å²) in [6, 6.07) is 0.800. The van der Waals surface area contributed by atoms with Gasteiger partial charge in [0.25, 0.3) is 10.0 Å². The van der Waals surface area contributed by atoms with Gasteiger partial charge in [0.15, 0.2) is 0 Å². The topological polar surface area (TPSA) is 66.5 Å². The standard InChI is InChI=1S/C11H17BrN2O3S2/c1-5-14(4)11(15)8(3)13-19(16,17)9-6-7(2)10(12)18-9/h6,8,13H,5H2,1-4H3. The van der Waals surface area contributed by atoms with Gasteiger partial charge in [-0.15, -0.1) is 11.3 Å². The number of halogens is 1. The zero-order chi connectivity index (χ0) is 14.8. The molecule has 108 valence electrons. The van der Waals surface area contributed by atoms with Gasteiger partial charge in [0.05, 0.1) is 9.83 Å². The fourth-order valence-electron chi connectivity index (χ4n) is 1.39. The molecule has 1 amide bonds. The summed E-state index contributed by atoms with van der Waals surface area (Å²) in [5.74, 6) is -0.251. The van der Waals surface area contributed by atoms with Crippen LogP contribution in [0, 0.1) is 6.92 Å². The van der Waals surface area contributed by atoms with E-state index in [1.807, 2.05) is 13.8 Å². The summed E-state index contributed by atoms with van der Waals surface area (Å²) in [6.07, 6.45) is 0. The van der Waals surface area contributed by atoms with Crippen molar-refractivity contribution in [3.8, 4) is 0 Å². The SMILES string of the molecule is CCN(C)C(=O)C(C)NS(=O)(=O)c1cc(C)c(Br)s1. The van der Waals surface area contributed by atoms with Crippen molar-refractivity contribution in [2.75, 3.05) is 13.6 Å². The van der Waals surface area contributed by atoms with E-state index in [9.17, 15) is 13.2 Å². The first kappa shape index (κ1) is 16.6. The number of likely N-dealkylation sites (N-methyl/N-ethyl adjacent to an activating group) is 1. The maximum Gasteiger partial charge on any atom is 0.250 e. The van der Waals surface area contributed by atoms with Gasteiger partial charge in [-0.2, -0.15) is 4.72 Å². The average Bonchev–Trinajstić information content (AvgIpc) is 2.68. The molecule has 0 aliphatic carbocycles. The number of nitrogens with zero attached hydrogens (tertiary/aromatic N) is 1. The number of amides is 1. The van der Waals surface area contributed by atoms with Crippen LogP contribution in [0.25, 0.3) is 0 Å². The van der Waals surface area contributed by atoms with Crippen LogP contribution in [0.5, 0.6) is 0 Å². The maximum atomic E-state index is 12.1. The molecule has 0 spiro atoms. The fraction of sp³-hybridized carbons (Fsp3) is 0.545. The number of hydrogen-bond donors (Lipinski definition) is 1. The van der Waals surface area contributed by atoms with Crippen LogP contribution >= 0.6 is 27.3 Å². The Balaban J connectivity index is 2.89. The van der Waals surface area contributed by atoms with E-state index >= 15 is 0 Å². The third-order valence-electron chi connectivity index (χ3n) is 2.65. The van der Waals surface area contributed by atoms with Crippen molar-refractivity contribution in [3.63, 3.8) is 0 Å². The highest BCUT2D eigenvalue weighted by Gasteiger charge is 2.25. The molecule has 0 bridgehead atoms. The van der Waals surface area contributed by atoms with Gasteiger partial charge in [-0.1, -0.05) is 0 Å². The highest BCUT2D eigenvalue weighted by Crippen LogP contribution is 2.30. The van der Waals surface area contributed by atoms with Gasteiger partial charge in [-0.3, -0.25) is 4.79 Å². The maximum absolute atomic E-state index is 12.1. The summed E-state index contributed by atoms with van der Waals surface area (Å²) in [7, 11) is -2.02. The molecule has 5 nitrogen and oxygen atoms in total. The Bertz CT molecular complexity index is 549. The smallest absolute Gasteiger partial charge is 0.250 e. The molecule has 1 heterocycles. The molecule has 0 radical (unpaired) electrons. The molecule has 1 aromatic heterocycles. The molecular weight excluding hydrogens is 352 g/mol. The summed E-state index contributed by atoms with van der Waals surface area (Å²) in [6.45, 7) is 5.73. The Morgan fingerprint density at radius 2 is 2.16 bits per heavy atom. The van der Waals surface area contributed by atoms with Crippen molar-refractivity contribution in [3.05, 3.63) is 15.4 Å². The first-order valence-electron chi connectivity index (χ1n) is 5.72. The normalized spacial score (nSPS) is 13.3. The van der Waals surface area contributed by atoms with E-state index in [1.165, 1.54) is 4.90 Å². The number of carbonyl (C=O) groups excluding carboxylic acids is 1. The van der Waals surface area contributed by atoms with Gasteiger partial charge in [0, 0.05) is 13.6 Å². The van der Waals surface area contributed by atoms with E-state index in [2.05, 4.69) is 20.7 Å². The largest absolute Gasteiger partial charge is 0.345 e. The number of sulfonamides is 1. The number of nitrogens with one attached hydrogen (secondary N) is 1. The third kappa shape index (κ3) is 4.01. The predicted octanol–water partition coefficient (Wildman–Crippen LogP) is 1.96. The van der Waals surface area contributed by atoms with Gasteiger partial charge in [-0.25, -0.2) is 8.42 Å². The van der Waals surface area contributed by atoms with Crippen LogP contribution in [0.15, 0.2) is 14.1 Å². The minimum Gasteiger partial charge on any atom is -0.345 e. The van der Waals surface area contributed by atoms with Crippen LogP contribution in [0.4, 0.5) is 0 Å². The number of carbonyl (C=O) groups is 1. The minimum absolute atomic E-state index is 0.204. The molecule has 1 unspecified atom stereocenters. The Hall–Kier alpha value is -0.440. The molecule has 0 fully saturated rings. The van der Waals surface area contributed by atoms with Crippen molar-refractivity contribution in [2.45, 2.75) is 31.0 Å². The van der Waals surface area contributed by atoms with Crippen molar-refractivity contribution in [2.24, 2.45) is 0 Å². The van der Waals surface area contributed by atoms with Crippen LogP contribution in [-0.2, 0) is 14.8 Å². The highest BCUT2D eigenvalue weighted by molar-refractivity contribution is 9.11. The van der Waals surface area contributed by atoms with Gasteiger partial charge in [0.2, 0.25) is 5.91 Å². The highest BCUT2D eigenvalue weighted by atomic mass is 79.9. The van der Waals surface area contributed by atoms with E-state index in [4.69, 9.17) is 0 Å². The zero-order valence-corrected chi connectivity index (χ0v) is 14.4. The monoisotopic (exact) mass is 368 g/mol. The Morgan fingerprint density at radius 3 is 2.58 bits per heavy atom. The molecule has 19 heavy (non-hydrogen) atoms. The molecule has 0 aromatic carbocycles. The Kier molecular flexibility index (Phi) is 5.54. The first-order valence-corrected chi connectivity index (χ1v) is 8.81. The Labute approximate surface area is 126 Å². The molecule has 1 N–H and O–H groups in total. The van der Waals surface area contributed by atoms with E-state index in [-0.39, 0.29) is 10.1 Å². The quantitative estimate of drug-likeness (QED) is 0.863. The zero-order valence-electron chi connectivity index (χ0n) is 11.2. The lowest BCUT2D eigenvalue weighted by Crippen LogP contribution is -2.45.